The van der Waals surface area contributed by atoms with E-state index in [1.165, 1.54) is 4.31 Å². The van der Waals surface area contributed by atoms with E-state index in [9.17, 15) is 18.0 Å². The maximum Gasteiger partial charge on any atom is 0.325 e. The second-order valence-electron chi connectivity index (χ2n) is 5.85. The molecule has 21 heavy (non-hydrogen) atoms. The van der Waals surface area contributed by atoms with Crippen molar-refractivity contribution >= 4 is 10.0 Å². The first kappa shape index (κ1) is 14.5. The highest BCUT2D eigenvalue weighted by Gasteiger charge is 2.42. The molecule has 116 valence electrons. The van der Waals surface area contributed by atoms with Crippen LogP contribution in [0.15, 0.2) is 20.7 Å². The van der Waals surface area contributed by atoms with Gasteiger partial charge in [-0.1, -0.05) is 0 Å². The summed E-state index contributed by atoms with van der Waals surface area (Å²) in [4.78, 5) is 26.4. The lowest BCUT2D eigenvalue weighted by atomic mass is 9.79. The van der Waals surface area contributed by atoms with Gasteiger partial charge in [0.15, 0.2) is 4.90 Å². The average molecular weight is 314 g/mol. The summed E-state index contributed by atoms with van der Waals surface area (Å²) >= 11 is 0. The number of nitrogens with zero attached hydrogens (tertiary/aromatic N) is 1. The average Bonchev–Trinajstić information content (AvgIpc) is 2.81. The fourth-order valence-electron chi connectivity index (χ4n) is 3.35. The van der Waals surface area contributed by atoms with E-state index < -0.39 is 26.2 Å². The van der Waals surface area contributed by atoms with Crippen LogP contribution in [0, 0.1) is 11.8 Å². The molecule has 1 unspecified atom stereocenters. The van der Waals surface area contributed by atoms with Gasteiger partial charge in [-0.2, -0.15) is 4.31 Å². The first-order valence-electron chi connectivity index (χ1n) is 6.95. The Morgan fingerprint density at radius 1 is 1.19 bits per heavy atom. The zero-order chi connectivity index (χ0) is 15.2. The Kier molecular flexibility index (Phi) is 3.50. The molecule has 3 atom stereocenters. The number of hydrogen-bond donors (Lipinski definition) is 3. The molecule has 2 heterocycles. The van der Waals surface area contributed by atoms with Gasteiger partial charge in [0.05, 0.1) is 0 Å². The molecular formula is C12H18N4O4S. The summed E-state index contributed by atoms with van der Waals surface area (Å²) in [5.41, 5.74) is 4.33. The van der Waals surface area contributed by atoms with Crippen molar-refractivity contribution in [2.45, 2.75) is 30.2 Å². The molecule has 1 saturated heterocycles. The van der Waals surface area contributed by atoms with Gasteiger partial charge >= 0.3 is 5.69 Å². The predicted molar refractivity (Wildman–Crippen MR) is 75.2 cm³/mol. The Labute approximate surface area is 121 Å². The summed E-state index contributed by atoms with van der Waals surface area (Å²) in [5, 5.41) is 0. The van der Waals surface area contributed by atoms with Gasteiger partial charge < -0.3 is 10.7 Å². The van der Waals surface area contributed by atoms with Crippen LogP contribution in [0.4, 0.5) is 0 Å². The Morgan fingerprint density at radius 2 is 1.90 bits per heavy atom. The van der Waals surface area contributed by atoms with Crippen molar-refractivity contribution < 1.29 is 8.42 Å². The highest BCUT2D eigenvalue weighted by molar-refractivity contribution is 7.89. The van der Waals surface area contributed by atoms with Gasteiger partial charge in [-0.3, -0.25) is 9.78 Å². The summed E-state index contributed by atoms with van der Waals surface area (Å²) in [5.74, 6) is 0.562. The van der Waals surface area contributed by atoms with Crippen molar-refractivity contribution in [1.29, 1.82) is 0 Å². The minimum atomic E-state index is -3.88. The number of aromatic amines is 2. The molecule has 2 fully saturated rings. The lowest BCUT2D eigenvalue weighted by Crippen LogP contribution is -2.35. The fourth-order valence-corrected chi connectivity index (χ4v) is 4.90. The smallest absolute Gasteiger partial charge is 0.325 e. The number of nitrogens with one attached hydrogen (secondary N) is 2. The van der Waals surface area contributed by atoms with Gasteiger partial charge in [0, 0.05) is 25.3 Å². The quantitative estimate of drug-likeness (QED) is 0.632. The topological polar surface area (TPSA) is 129 Å². The molecule has 0 spiro atoms. The molecule has 3 rings (SSSR count). The monoisotopic (exact) mass is 314 g/mol. The van der Waals surface area contributed by atoms with Gasteiger partial charge in [-0.05, 0) is 31.1 Å². The van der Waals surface area contributed by atoms with Gasteiger partial charge in [0.1, 0.15) is 0 Å². The van der Waals surface area contributed by atoms with E-state index in [-0.39, 0.29) is 12.0 Å². The Hall–Kier alpha value is -1.45. The van der Waals surface area contributed by atoms with Crippen LogP contribution in [0.3, 0.4) is 0 Å². The zero-order valence-electron chi connectivity index (χ0n) is 11.4. The Balaban J connectivity index is 1.90. The summed E-state index contributed by atoms with van der Waals surface area (Å²) in [6.45, 7) is 0.803. The molecule has 0 bridgehead atoms. The molecular weight excluding hydrogens is 296 g/mol. The minimum Gasteiger partial charge on any atom is -0.328 e. The molecule has 2 aliphatic rings. The molecule has 1 aliphatic carbocycles. The summed E-state index contributed by atoms with van der Waals surface area (Å²) in [6, 6.07) is 0.130. The maximum absolute atomic E-state index is 12.5. The van der Waals surface area contributed by atoms with Crippen LogP contribution in [0.1, 0.15) is 19.3 Å². The highest BCUT2D eigenvalue weighted by atomic mass is 32.2. The van der Waals surface area contributed by atoms with Crippen LogP contribution >= 0.6 is 0 Å². The van der Waals surface area contributed by atoms with Crippen molar-refractivity contribution in [1.82, 2.24) is 14.3 Å². The third-order valence-electron chi connectivity index (χ3n) is 4.46. The highest BCUT2D eigenvalue weighted by Crippen LogP contribution is 2.37. The summed E-state index contributed by atoms with van der Waals surface area (Å²) in [7, 11) is -3.88. The van der Waals surface area contributed by atoms with Gasteiger partial charge in [-0.25, -0.2) is 13.2 Å². The van der Waals surface area contributed by atoms with Crippen LogP contribution in [-0.4, -0.2) is 41.8 Å². The maximum atomic E-state index is 12.5. The zero-order valence-corrected chi connectivity index (χ0v) is 12.2. The predicted octanol–water partition coefficient (Wildman–Crippen LogP) is -1.19. The van der Waals surface area contributed by atoms with E-state index in [1.807, 2.05) is 4.98 Å². The normalized spacial score (nSPS) is 30.2. The summed E-state index contributed by atoms with van der Waals surface area (Å²) in [6.07, 6.45) is 3.61. The summed E-state index contributed by atoms with van der Waals surface area (Å²) < 4.78 is 26.4. The number of rotatable bonds is 2. The van der Waals surface area contributed by atoms with E-state index in [1.54, 1.807) is 0 Å². The molecule has 0 aromatic carbocycles. The van der Waals surface area contributed by atoms with Crippen LogP contribution in [0.25, 0.3) is 0 Å². The number of nitrogens with two attached hydrogens (primary N) is 1. The SMILES string of the molecule is NC1CC[C@@H]2CN(S(=O)(=O)c3c[nH]c(=O)[nH]c3=O)C[C@@H]2C1. The molecule has 0 amide bonds. The molecule has 1 saturated carbocycles. The Bertz CT molecular complexity index is 753. The van der Waals surface area contributed by atoms with Crippen molar-refractivity contribution in [2.24, 2.45) is 17.6 Å². The van der Waals surface area contributed by atoms with Crippen LogP contribution in [-0.2, 0) is 10.0 Å². The van der Waals surface area contributed by atoms with Crippen molar-refractivity contribution in [2.75, 3.05) is 13.1 Å². The third kappa shape index (κ3) is 2.56. The fraction of sp³-hybridized carbons (Fsp3) is 0.667. The number of fused-ring (bicyclic) bond motifs is 1. The molecule has 1 aromatic rings. The van der Waals surface area contributed by atoms with Crippen LogP contribution in [0.5, 0.6) is 0 Å². The molecule has 8 nitrogen and oxygen atoms in total. The molecule has 0 radical (unpaired) electrons. The molecule has 4 N–H and O–H groups in total. The van der Waals surface area contributed by atoms with Crippen molar-refractivity contribution in [3.63, 3.8) is 0 Å². The molecule has 1 aromatic heterocycles. The van der Waals surface area contributed by atoms with Gasteiger partial charge in [-0.15, -0.1) is 0 Å². The number of aromatic nitrogens is 2. The van der Waals surface area contributed by atoms with E-state index in [0.29, 0.717) is 19.0 Å². The second kappa shape index (κ2) is 5.08. The van der Waals surface area contributed by atoms with Crippen LogP contribution < -0.4 is 17.0 Å². The third-order valence-corrected chi connectivity index (χ3v) is 6.30. The lowest BCUT2D eigenvalue weighted by molar-refractivity contribution is 0.271. The van der Waals surface area contributed by atoms with E-state index in [4.69, 9.17) is 5.73 Å². The van der Waals surface area contributed by atoms with Crippen molar-refractivity contribution in [3.8, 4) is 0 Å². The molecule has 9 heteroatoms. The largest absolute Gasteiger partial charge is 0.328 e. The Morgan fingerprint density at radius 3 is 2.62 bits per heavy atom. The molecule has 1 aliphatic heterocycles. The van der Waals surface area contributed by atoms with E-state index >= 15 is 0 Å². The number of H-pyrrole nitrogens is 2. The van der Waals surface area contributed by atoms with Gasteiger partial charge in [0.2, 0.25) is 10.0 Å². The first-order chi connectivity index (χ1) is 9.88. The van der Waals surface area contributed by atoms with Gasteiger partial charge in [0.25, 0.3) is 5.56 Å². The van der Waals surface area contributed by atoms with E-state index in [0.717, 1.165) is 25.5 Å². The minimum absolute atomic E-state index is 0.130. The number of sulfonamides is 1. The lowest BCUT2D eigenvalue weighted by Gasteiger charge is -2.28. The number of hydrogen-bond acceptors (Lipinski definition) is 5. The standard InChI is InChI=1S/C12H18N4O4S/c13-9-2-1-7-5-16(6-8(7)3-9)21(19,20)10-4-14-12(18)15-11(10)17/h4,7-9H,1-3,5-6,13H2,(H2,14,15,17,18)/t7-,8+,9?/m1/s1. The second-order valence-corrected chi connectivity index (χ2v) is 7.76. The van der Waals surface area contributed by atoms with Crippen molar-refractivity contribution in [3.05, 3.63) is 27.0 Å². The van der Waals surface area contributed by atoms with E-state index in [2.05, 4.69) is 4.98 Å². The first-order valence-corrected chi connectivity index (χ1v) is 8.39. The van der Waals surface area contributed by atoms with Crippen LogP contribution in [0.2, 0.25) is 0 Å².